The van der Waals surface area contributed by atoms with Crippen LogP contribution >= 0.6 is 11.8 Å². The van der Waals surface area contributed by atoms with Gasteiger partial charge in [0.05, 0.1) is 0 Å². The molecule has 0 radical (unpaired) electrons. The average molecular weight is 350 g/mol. The van der Waals surface area contributed by atoms with Crippen molar-refractivity contribution in [1.29, 1.82) is 0 Å². The van der Waals surface area contributed by atoms with Gasteiger partial charge in [-0.1, -0.05) is 19.1 Å². The Hall–Kier alpha value is -2.81. The van der Waals surface area contributed by atoms with E-state index in [4.69, 9.17) is 14.3 Å². The maximum atomic E-state index is 11.4. The van der Waals surface area contributed by atoms with Gasteiger partial charge in [-0.2, -0.15) is 0 Å². The van der Waals surface area contributed by atoms with Gasteiger partial charge in [0.15, 0.2) is 6.61 Å². The van der Waals surface area contributed by atoms with E-state index in [9.17, 15) is 14.7 Å². The van der Waals surface area contributed by atoms with Crippen molar-refractivity contribution < 1.29 is 29.0 Å². The Balaban J connectivity index is 2.12. The first kappa shape index (κ1) is 17.5. The van der Waals surface area contributed by atoms with Crippen molar-refractivity contribution >= 4 is 29.8 Å². The van der Waals surface area contributed by atoms with Crippen LogP contribution in [0.2, 0.25) is 0 Å². The summed E-state index contributed by atoms with van der Waals surface area (Å²) in [5.74, 6) is -1.39. The number of thioether (sulfide) groups is 1. The SMILES string of the molecule is CCc1nnc(S/C(=C\c2ccc(OCC(=O)O)cc2)C(=O)O)o1. The molecule has 1 heterocycles. The molecule has 0 fully saturated rings. The van der Waals surface area contributed by atoms with Crippen molar-refractivity contribution in [3.05, 3.63) is 40.6 Å². The van der Waals surface area contributed by atoms with Crippen LogP contribution in [0.4, 0.5) is 0 Å². The number of nitrogens with zero attached hydrogens (tertiary/aromatic N) is 2. The van der Waals surface area contributed by atoms with Gasteiger partial charge in [-0.15, -0.1) is 10.2 Å². The lowest BCUT2D eigenvalue weighted by Gasteiger charge is -2.03. The topological polar surface area (TPSA) is 123 Å². The number of benzene rings is 1. The zero-order valence-electron chi connectivity index (χ0n) is 12.6. The Labute approximate surface area is 141 Å². The molecule has 0 amide bonds. The molecule has 8 nitrogen and oxygen atoms in total. The van der Waals surface area contributed by atoms with Gasteiger partial charge >= 0.3 is 11.9 Å². The minimum absolute atomic E-state index is 0.0144. The molecule has 1 aromatic heterocycles. The van der Waals surface area contributed by atoms with Crippen LogP contribution in [0.25, 0.3) is 6.08 Å². The molecule has 9 heteroatoms. The maximum Gasteiger partial charge on any atom is 0.342 e. The number of carbonyl (C=O) groups is 2. The van der Waals surface area contributed by atoms with Gasteiger partial charge in [-0.3, -0.25) is 0 Å². The molecular formula is C15H14N2O6S. The van der Waals surface area contributed by atoms with E-state index in [0.717, 1.165) is 11.8 Å². The van der Waals surface area contributed by atoms with Crippen LogP contribution in [0, 0.1) is 0 Å². The Morgan fingerprint density at radius 2 is 1.96 bits per heavy atom. The quantitative estimate of drug-likeness (QED) is 0.545. The van der Waals surface area contributed by atoms with Crippen LogP contribution in [-0.4, -0.2) is 39.0 Å². The van der Waals surface area contributed by atoms with Gasteiger partial charge in [0, 0.05) is 6.42 Å². The maximum absolute atomic E-state index is 11.4. The van der Waals surface area contributed by atoms with Gasteiger partial charge < -0.3 is 19.4 Å². The van der Waals surface area contributed by atoms with Crippen molar-refractivity contribution in [2.75, 3.05) is 6.61 Å². The highest BCUT2D eigenvalue weighted by Crippen LogP contribution is 2.28. The summed E-state index contributed by atoms with van der Waals surface area (Å²) in [6.07, 6.45) is 2.02. The summed E-state index contributed by atoms with van der Waals surface area (Å²) < 4.78 is 10.3. The number of ether oxygens (including phenoxy) is 1. The second-order valence-corrected chi connectivity index (χ2v) is 5.48. The van der Waals surface area contributed by atoms with Crippen LogP contribution in [0.3, 0.4) is 0 Å². The van der Waals surface area contributed by atoms with Crippen molar-refractivity contribution in [3.63, 3.8) is 0 Å². The summed E-state index contributed by atoms with van der Waals surface area (Å²) in [5.41, 5.74) is 0.609. The zero-order valence-corrected chi connectivity index (χ0v) is 13.4. The Kier molecular flexibility index (Phi) is 5.96. The monoisotopic (exact) mass is 350 g/mol. The molecule has 0 spiro atoms. The summed E-state index contributed by atoms with van der Waals surface area (Å²) in [6.45, 7) is 1.41. The lowest BCUT2D eigenvalue weighted by Crippen LogP contribution is -2.09. The molecule has 24 heavy (non-hydrogen) atoms. The minimum atomic E-state index is -1.12. The smallest absolute Gasteiger partial charge is 0.342 e. The summed E-state index contributed by atoms with van der Waals surface area (Å²) >= 11 is 0.859. The van der Waals surface area contributed by atoms with E-state index < -0.39 is 18.5 Å². The highest BCUT2D eigenvalue weighted by atomic mass is 32.2. The molecule has 2 aromatic rings. The largest absolute Gasteiger partial charge is 0.482 e. The number of aliphatic carboxylic acids is 2. The second-order valence-electron chi connectivity index (χ2n) is 4.48. The molecule has 0 atom stereocenters. The zero-order chi connectivity index (χ0) is 17.5. The van der Waals surface area contributed by atoms with Gasteiger partial charge in [0.25, 0.3) is 5.22 Å². The number of carboxylic acids is 2. The molecule has 2 N–H and O–H groups in total. The van der Waals surface area contributed by atoms with E-state index in [0.29, 0.717) is 23.6 Å². The van der Waals surface area contributed by atoms with Crippen molar-refractivity contribution in [3.8, 4) is 5.75 Å². The van der Waals surface area contributed by atoms with Crippen molar-refractivity contribution in [2.24, 2.45) is 0 Å². The molecule has 0 aliphatic rings. The predicted octanol–water partition coefficient (Wildman–Crippen LogP) is 2.31. The van der Waals surface area contributed by atoms with E-state index in [1.54, 1.807) is 24.3 Å². The van der Waals surface area contributed by atoms with Crippen LogP contribution < -0.4 is 4.74 Å². The summed E-state index contributed by atoms with van der Waals surface area (Å²) in [4.78, 5) is 21.8. The number of aromatic nitrogens is 2. The lowest BCUT2D eigenvalue weighted by molar-refractivity contribution is -0.139. The summed E-state index contributed by atoms with van der Waals surface area (Å²) in [5, 5.41) is 25.5. The van der Waals surface area contributed by atoms with E-state index in [1.165, 1.54) is 6.08 Å². The first-order valence-corrected chi connectivity index (χ1v) is 7.69. The molecule has 0 aliphatic carbocycles. The average Bonchev–Trinajstić information content (AvgIpc) is 3.01. The van der Waals surface area contributed by atoms with E-state index in [-0.39, 0.29) is 10.1 Å². The van der Waals surface area contributed by atoms with Crippen molar-refractivity contribution in [2.45, 2.75) is 18.6 Å². The fourth-order valence-electron chi connectivity index (χ4n) is 1.61. The molecule has 0 unspecified atom stereocenters. The van der Waals surface area contributed by atoms with Gasteiger partial charge in [-0.25, -0.2) is 9.59 Å². The van der Waals surface area contributed by atoms with E-state index >= 15 is 0 Å². The van der Waals surface area contributed by atoms with Crippen LogP contribution in [-0.2, 0) is 16.0 Å². The third-order valence-corrected chi connectivity index (χ3v) is 3.55. The molecule has 126 valence electrons. The number of hydrogen-bond donors (Lipinski definition) is 2. The minimum Gasteiger partial charge on any atom is -0.482 e. The highest BCUT2D eigenvalue weighted by molar-refractivity contribution is 8.03. The standard InChI is InChI=1S/C15H14N2O6S/c1-2-12-16-17-15(23-12)24-11(14(20)21)7-9-3-5-10(6-4-9)22-8-13(18)19/h3-7H,2,8H2,1H3,(H,18,19)(H,20,21)/b11-7-. The summed E-state index contributed by atoms with van der Waals surface area (Å²) in [6, 6.07) is 6.35. The molecule has 1 aromatic carbocycles. The van der Waals surface area contributed by atoms with Gasteiger partial charge in [-0.05, 0) is 35.5 Å². The normalized spacial score (nSPS) is 11.3. The van der Waals surface area contributed by atoms with E-state index in [1.807, 2.05) is 6.92 Å². The predicted molar refractivity (Wildman–Crippen MR) is 84.7 cm³/mol. The fourth-order valence-corrected chi connectivity index (χ4v) is 2.30. The number of carboxylic acid groups (broad SMARTS) is 2. The third kappa shape index (κ3) is 5.13. The number of rotatable bonds is 8. The molecule has 0 saturated carbocycles. The molecule has 0 aliphatic heterocycles. The van der Waals surface area contributed by atoms with Gasteiger partial charge in [0.2, 0.25) is 5.89 Å². The fraction of sp³-hybridized carbons (Fsp3) is 0.200. The first-order chi connectivity index (χ1) is 11.5. The summed E-state index contributed by atoms with van der Waals surface area (Å²) in [7, 11) is 0. The molecule has 0 bridgehead atoms. The number of hydrogen-bond acceptors (Lipinski definition) is 7. The Bertz CT molecular complexity index is 754. The first-order valence-electron chi connectivity index (χ1n) is 6.87. The van der Waals surface area contributed by atoms with E-state index in [2.05, 4.69) is 10.2 Å². The van der Waals surface area contributed by atoms with Crippen LogP contribution in [0.15, 0.2) is 38.8 Å². The Morgan fingerprint density at radius 1 is 1.25 bits per heavy atom. The second kappa shape index (κ2) is 8.16. The van der Waals surface area contributed by atoms with Crippen molar-refractivity contribution in [1.82, 2.24) is 10.2 Å². The molecule has 0 saturated heterocycles. The lowest BCUT2D eigenvalue weighted by atomic mass is 10.2. The third-order valence-electron chi connectivity index (χ3n) is 2.70. The Morgan fingerprint density at radius 3 is 2.50 bits per heavy atom. The van der Waals surface area contributed by atoms with Gasteiger partial charge in [0.1, 0.15) is 10.7 Å². The molecular weight excluding hydrogens is 336 g/mol. The molecule has 2 rings (SSSR count). The van der Waals surface area contributed by atoms with Crippen LogP contribution in [0.1, 0.15) is 18.4 Å². The van der Waals surface area contributed by atoms with Crippen LogP contribution in [0.5, 0.6) is 5.75 Å². The number of aryl methyl sites for hydroxylation is 1. The highest BCUT2D eigenvalue weighted by Gasteiger charge is 2.14.